The molecule has 2 aromatic rings. The van der Waals surface area contributed by atoms with Gasteiger partial charge in [0.15, 0.2) is 0 Å². The van der Waals surface area contributed by atoms with Crippen LogP contribution in [-0.4, -0.2) is 36.6 Å². The summed E-state index contributed by atoms with van der Waals surface area (Å²) in [6.45, 7) is 3.07. The number of thioether (sulfide) groups is 1. The Bertz CT molecular complexity index is 914. The van der Waals surface area contributed by atoms with Gasteiger partial charge in [-0.15, -0.1) is 11.8 Å². The van der Waals surface area contributed by atoms with E-state index in [1.807, 2.05) is 0 Å². The van der Waals surface area contributed by atoms with Gasteiger partial charge < -0.3 is 4.74 Å². The van der Waals surface area contributed by atoms with Gasteiger partial charge in [0.25, 0.3) is 5.69 Å². The molecule has 1 saturated heterocycles. The molecular formula is C19H22N2O5S2. The molecule has 0 N–H and O–H groups in total. The highest BCUT2D eigenvalue weighted by Gasteiger charge is 2.37. The van der Waals surface area contributed by atoms with Crippen LogP contribution in [0.1, 0.15) is 30.7 Å². The molecule has 150 valence electrons. The maximum absolute atomic E-state index is 13.1. The fourth-order valence-electron chi connectivity index (χ4n) is 2.90. The van der Waals surface area contributed by atoms with Crippen molar-refractivity contribution in [3.8, 4) is 5.75 Å². The Kier molecular flexibility index (Phi) is 6.58. The molecule has 0 saturated carbocycles. The van der Waals surface area contributed by atoms with Gasteiger partial charge in [0.2, 0.25) is 10.0 Å². The number of sulfonamides is 1. The quantitative estimate of drug-likeness (QED) is 0.360. The van der Waals surface area contributed by atoms with Gasteiger partial charge in [-0.2, -0.15) is 4.31 Å². The van der Waals surface area contributed by atoms with Gasteiger partial charge >= 0.3 is 0 Å². The smallest absolute Gasteiger partial charge is 0.269 e. The normalized spacial score (nSPS) is 17.5. The van der Waals surface area contributed by atoms with Crippen molar-refractivity contribution in [1.29, 1.82) is 0 Å². The van der Waals surface area contributed by atoms with Gasteiger partial charge in [0, 0.05) is 24.4 Å². The topological polar surface area (TPSA) is 89.8 Å². The Morgan fingerprint density at radius 2 is 1.86 bits per heavy atom. The number of nitrogens with zero attached hydrogens (tertiary/aromatic N) is 2. The van der Waals surface area contributed by atoms with Crippen molar-refractivity contribution in [3.05, 3.63) is 64.2 Å². The molecule has 0 bridgehead atoms. The molecule has 1 heterocycles. The number of nitro groups is 1. The first-order valence-corrected chi connectivity index (χ1v) is 11.5. The van der Waals surface area contributed by atoms with Crippen LogP contribution in [0.4, 0.5) is 5.69 Å². The lowest BCUT2D eigenvalue weighted by Gasteiger charge is -2.23. The number of nitro benzene ring substituents is 1. The molecule has 1 aliphatic heterocycles. The highest BCUT2D eigenvalue weighted by molar-refractivity contribution is 8.01. The average molecular weight is 423 g/mol. The van der Waals surface area contributed by atoms with Gasteiger partial charge in [0.1, 0.15) is 5.75 Å². The Hall–Kier alpha value is -2.10. The second-order valence-electron chi connectivity index (χ2n) is 6.36. The van der Waals surface area contributed by atoms with E-state index in [0.717, 1.165) is 18.4 Å². The number of rotatable bonds is 8. The zero-order chi connectivity index (χ0) is 20.1. The van der Waals surface area contributed by atoms with Crippen LogP contribution in [0.2, 0.25) is 0 Å². The number of hydrogen-bond acceptors (Lipinski definition) is 6. The molecule has 1 fully saturated rings. The van der Waals surface area contributed by atoms with Crippen LogP contribution in [0, 0.1) is 10.1 Å². The summed E-state index contributed by atoms with van der Waals surface area (Å²) >= 11 is 1.51. The van der Waals surface area contributed by atoms with Crippen LogP contribution in [0.3, 0.4) is 0 Å². The molecule has 1 aliphatic rings. The second kappa shape index (κ2) is 8.93. The average Bonchev–Trinajstić information content (AvgIpc) is 3.19. The maximum atomic E-state index is 13.1. The molecule has 0 amide bonds. The van der Waals surface area contributed by atoms with Gasteiger partial charge in [0.05, 0.1) is 21.8 Å². The third-order valence-electron chi connectivity index (χ3n) is 4.43. The zero-order valence-electron chi connectivity index (χ0n) is 15.5. The van der Waals surface area contributed by atoms with E-state index in [4.69, 9.17) is 4.74 Å². The minimum Gasteiger partial charge on any atom is -0.494 e. The first-order valence-electron chi connectivity index (χ1n) is 9.04. The first-order chi connectivity index (χ1) is 13.4. The van der Waals surface area contributed by atoms with Gasteiger partial charge in [-0.3, -0.25) is 10.1 Å². The fourth-order valence-corrected chi connectivity index (χ4v) is 6.14. The van der Waals surface area contributed by atoms with Gasteiger partial charge in [-0.25, -0.2) is 8.42 Å². The summed E-state index contributed by atoms with van der Waals surface area (Å²) in [5.41, 5.74) is 0.719. The number of hydrogen-bond donors (Lipinski definition) is 0. The monoisotopic (exact) mass is 422 g/mol. The van der Waals surface area contributed by atoms with Gasteiger partial charge in [-0.05, 0) is 48.4 Å². The second-order valence-corrected chi connectivity index (χ2v) is 9.44. The molecule has 3 rings (SSSR count). The van der Waals surface area contributed by atoms with E-state index < -0.39 is 20.3 Å². The molecule has 2 aromatic carbocycles. The van der Waals surface area contributed by atoms with Crippen molar-refractivity contribution in [3.63, 3.8) is 0 Å². The van der Waals surface area contributed by atoms with Crippen LogP contribution in [-0.2, 0) is 10.0 Å². The van der Waals surface area contributed by atoms with Crippen LogP contribution < -0.4 is 4.74 Å². The van der Waals surface area contributed by atoms with E-state index >= 15 is 0 Å². The third kappa shape index (κ3) is 4.48. The molecule has 0 aromatic heterocycles. The fraction of sp³-hybridized carbons (Fsp3) is 0.368. The zero-order valence-corrected chi connectivity index (χ0v) is 17.1. The molecule has 1 atom stereocenters. The van der Waals surface area contributed by atoms with Crippen LogP contribution >= 0.6 is 11.8 Å². The summed E-state index contributed by atoms with van der Waals surface area (Å²) in [5.74, 6) is 1.31. The highest BCUT2D eigenvalue weighted by atomic mass is 32.2. The van der Waals surface area contributed by atoms with Crippen LogP contribution in [0.15, 0.2) is 53.4 Å². The number of unbranched alkanes of at least 4 members (excludes halogenated alkanes) is 1. The number of ether oxygens (including phenoxy) is 1. The van der Waals surface area contributed by atoms with Crippen molar-refractivity contribution < 1.29 is 18.1 Å². The largest absolute Gasteiger partial charge is 0.494 e. The van der Waals surface area contributed by atoms with E-state index in [1.165, 1.54) is 28.2 Å². The molecule has 9 heteroatoms. The minimum absolute atomic E-state index is 0.0141. The summed E-state index contributed by atoms with van der Waals surface area (Å²) in [6.07, 6.45) is 1.98. The van der Waals surface area contributed by atoms with Crippen molar-refractivity contribution in [1.82, 2.24) is 4.31 Å². The summed E-state index contributed by atoms with van der Waals surface area (Å²) < 4.78 is 33.3. The SMILES string of the molecule is CCCCOc1ccc(S(=O)(=O)N2CCS[C@@H]2c2ccc([N+](=O)[O-])cc2)cc1. The van der Waals surface area contributed by atoms with Crippen molar-refractivity contribution in [2.75, 3.05) is 18.9 Å². The standard InChI is InChI=1S/C19H22N2O5S2/c1-2-3-13-26-17-8-10-18(11-9-17)28(24,25)20-12-14-27-19(20)15-4-6-16(7-5-15)21(22)23/h4-11,19H,2-3,12-14H2,1H3/t19-/m1/s1. The predicted octanol–water partition coefficient (Wildman–Crippen LogP) is 4.21. The lowest BCUT2D eigenvalue weighted by molar-refractivity contribution is -0.384. The number of non-ortho nitro benzene ring substituents is 1. The molecule has 0 unspecified atom stereocenters. The Balaban J connectivity index is 1.79. The summed E-state index contributed by atoms with van der Waals surface area (Å²) in [7, 11) is -3.68. The van der Waals surface area contributed by atoms with Crippen LogP contribution in [0.25, 0.3) is 0 Å². The molecule has 0 radical (unpaired) electrons. The first kappa shape index (κ1) is 20.6. The Morgan fingerprint density at radius 3 is 2.46 bits per heavy atom. The predicted molar refractivity (Wildman–Crippen MR) is 109 cm³/mol. The lowest BCUT2D eigenvalue weighted by atomic mass is 10.2. The summed E-state index contributed by atoms with van der Waals surface area (Å²) in [4.78, 5) is 10.6. The molecule has 7 nitrogen and oxygen atoms in total. The van der Waals surface area contributed by atoms with E-state index in [1.54, 1.807) is 36.4 Å². The van der Waals surface area contributed by atoms with E-state index in [0.29, 0.717) is 24.7 Å². The molecule has 28 heavy (non-hydrogen) atoms. The van der Waals surface area contributed by atoms with E-state index in [-0.39, 0.29) is 10.6 Å². The summed E-state index contributed by atoms with van der Waals surface area (Å²) in [6, 6.07) is 12.5. The van der Waals surface area contributed by atoms with Crippen molar-refractivity contribution in [2.45, 2.75) is 30.0 Å². The third-order valence-corrected chi connectivity index (χ3v) is 7.71. The summed E-state index contributed by atoms with van der Waals surface area (Å²) in [5, 5.41) is 10.4. The molecule has 0 aliphatic carbocycles. The highest BCUT2D eigenvalue weighted by Crippen LogP contribution is 2.41. The number of benzene rings is 2. The van der Waals surface area contributed by atoms with E-state index in [9.17, 15) is 18.5 Å². The van der Waals surface area contributed by atoms with Crippen molar-refractivity contribution >= 4 is 27.5 Å². The van der Waals surface area contributed by atoms with E-state index in [2.05, 4.69) is 6.92 Å². The van der Waals surface area contributed by atoms with Crippen molar-refractivity contribution in [2.24, 2.45) is 0 Å². The Labute approximate surface area is 168 Å². The maximum Gasteiger partial charge on any atom is 0.269 e. The molecule has 0 spiro atoms. The Morgan fingerprint density at radius 1 is 1.18 bits per heavy atom. The molecular weight excluding hydrogens is 400 g/mol. The minimum atomic E-state index is -3.68. The van der Waals surface area contributed by atoms with Crippen LogP contribution in [0.5, 0.6) is 5.75 Å². The lowest BCUT2D eigenvalue weighted by Crippen LogP contribution is -2.30. The van der Waals surface area contributed by atoms with Gasteiger partial charge in [-0.1, -0.05) is 13.3 Å².